The van der Waals surface area contributed by atoms with E-state index in [1.165, 1.54) is 12.8 Å². The summed E-state index contributed by atoms with van der Waals surface area (Å²) in [6, 6.07) is 5.51. The minimum absolute atomic E-state index is 0.190. The van der Waals surface area contributed by atoms with Gasteiger partial charge in [-0.2, -0.15) is 0 Å². The monoisotopic (exact) mass is 414 g/mol. The SMILES string of the molecule is CCCCC(CC)CNC(=O)Nc1ccc(C)c(N=C(OC)c2n(C)cc[n+]2C)c1. The maximum atomic E-state index is 12.4. The molecule has 2 aromatic rings. The third kappa shape index (κ3) is 6.34. The summed E-state index contributed by atoms with van der Waals surface area (Å²) in [7, 11) is 5.51. The van der Waals surface area contributed by atoms with Crippen LogP contribution in [0.2, 0.25) is 0 Å². The van der Waals surface area contributed by atoms with E-state index in [1.807, 2.05) is 60.7 Å². The van der Waals surface area contributed by atoms with Gasteiger partial charge in [0.15, 0.2) is 0 Å². The number of carbonyl (C=O) groups excluding carboxylic acids is 1. The van der Waals surface area contributed by atoms with Crippen LogP contribution in [-0.2, 0) is 18.8 Å². The number of anilines is 1. The van der Waals surface area contributed by atoms with Gasteiger partial charge in [0.25, 0.3) is 0 Å². The van der Waals surface area contributed by atoms with Gasteiger partial charge in [-0.25, -0.2) is 18.9 Å². The number of aliphatic imine (C=N–C) groups is 1. The molecule has 1 aromatic heterocycles. The van der Waals surface area contributed by atoms with E-state index in [0.717, 1.165) is 29.9 Å². The minimum atomic E-state index is -0.190. The van der Waals surface area contributed by atoms with Gasteiger partial charge >= 0.3 is 17.8 Å². The van der Waals surface area contributed by atoms with Gasteiger partial charge in [0.1, 0.15) is 12.4 Å². The summed E-state index contributed by atoms with van der Waals surface area (Å²) < 4.78 is 9.46. The van der Waals surface area contributed by atoms with Crippen LogP contribution in [-0.4, -0.2) is 30.2 Å². The van der Waals surface area contributed by atoms with Crippen molar-refractivity contribution in [1.82, 2.24) is 9.88 Å². The Morgan fingerprint density at radius 1 is 1.33 bits per heavy atom. The van der Waals surface area contributed by atoms with Crippen molar-refractivity contribution < 1.29 is 14.1 Å². The molecule has 7 heteroatoms. The van der Waals surface area contributed by atoms with Crippen LogP contribution >= 0.6 is 0 Å². The number of methoxy groups -OCH3 is 1. The molecule has 0 radical (unpaired) electrons. The lowest BCUT2D eigenvalue weighted by Crippen LogP contribution is -2.35. The number of urea groups is 1. The summed E-state index contributed by atoms with van der Waals surface area (Å²) in [6.07, 6.45) is 8.49. The van der Waals surface area contributed by atoms with Gasteiger partial charge in [0, 0.05) is 12.2 Å². The first-order valence-corrected chi connectivity index (χ1v) is 10.7. The smallest absolute Gasteiger partial charge is 0.344 e. The van der Waals surface area contributed by atoms with Gasteiger partial charge in [0.2, 0.25) is 0 Å². The Morgan fingerprint density at radius 2 is 2.10 bits per heavy atom. The maximum absolute atomic E-state index is 12.4. The van der Waals surface area contributed by atoms with Crippen LogP contribution in [0, 0.1) is 12.8 Å². The highest BCUT2D eigenvalue weighted by molar-refractivity contribution is 5.93. The molecule has 0 bridgehead atoms. The van der Waals surface area contributed by atoms with Crippen molar-refractivity contribution in [1.29, 1.82) is 0 Å². The van der Waals surface area contributed by atoms with Crippen LogP contribution in [0.5, 0.6) is 0 Å². The first kappa shape index (κ1) is 23.4. The molecule has 164 valence electrons. The number of benzene rings is 1. The second kappa shape index (κ2) is 11.4. The van der Waals surface area contributed by atoms with Crippen molar-refractivity contribution in [2.24, 2.45) is 25.0 Å². The molecular formula is C23H36N5O2+. The van der Waals surface area contributed by atoms with Crippen molar-refractivity contribution in [2.75, 3.05) is 19.0 Å². The molecule has 0 saturated carbocycles. The molecular weight excluding hydrogens is 378 g/mol. The molecule has 7 nitrogen and oxygen atoms in total. The fourth-order valence-corrected chi connectivity index (χ4v) is 3.35. The fourth-order valence-electron chi connectivity index (χ4n) is 3.35. The summed E-state index contributed by atoms with van der Waals surface area (Å²) in [6.45, 7) is 7.04. The summed E-state index contributed by atoms with van der Waals surface area (Å²) in [5, 5.41) is 5.92. The molecule has 0 spiro atoms. The Kier molecular flexibility index (Phi) is 8.89. The molecule has 1 aromatic carbocycles. The van der Waals surface area contributed by atoms with E-state index in [1.54, 1.807) is 7.11 Å². The molecule has 0 aliphatic heterocycles. The quantitative estimate of drug-likeness (QED) is 0.366. The molecule has 0 saturated heterocycles. The number of amides is 2. The van der Waals surface area contributed by atoms with E-state index >= 15 is 0 Å². The number of aromatic nitrogens is 2. The Hall–Kier alpha value is -2.83. The van der Waals surface area contributed by atoms with Gasteiger partial charge in [-0.15, -0.1) is 0 Å². The standard InChI is InChI=1S/C23H35N5O2/c1-7-9-10-18(8-2)16-24-23(29)25-19-12-11-17(3)20(15-19)26-21(30-6)22-27(4)13-14-28(22)5/h11-15,18H,7-10,16H2,1-6H3,(H-,24,25,29)/p+1. The van der Waals surface area contributed by atoms with Crippen molar-refractivity contribution in [3.8, 4) is 0 Å². The van der Waals surface area contributed by atoms with Crippen LogP contribution < -0.4 is 15.2 Å². The average Bonchev–Trinajstić information content (AvgIpc) is 3.06. The van der Waals surface area contributed by atoms with Crippen LogP contribution in [0.1, 0.15) is 50.9 Å². The van der Waals surface area contributed by atoms with Crippen molar-refractivity contribution in [3.05, 3.63) is 42.0 Å². The summed E-state index contributed by atoms with van der Waals surface area (Å²) in [4.78, 5) is 17.1. The predicted molar refractivity (Wildman–Crippen MR) is 121 cm³/mol. The van der Waals surface area contributed by atoms with Gasteiger partial charge in [-0.05, 0) is 37.0 Å². The van der Waals surface area contributed by atoms with E-state index in [4.69, 9.17) is 9.73 Å². The van der Waals surface area contributed by atoms with E-state index in [0.29, 0.717) is 24.0 Å². The predicted octanol–water partition coefficient (Wildman–Crippen LogP) is 4.22. The Balaban J connectivity index is 2.12. The number of hydrogen-bond donors (Lipinski definition) is 2. The Labute approximate surface area is 180 Å². The van der Waals surface area contributed by atoms with Crippen molar-refractivity contribution >= 4 is 23.3 Å². The minimum Gasteiger partial charge on any atom is -0.475 e. The van der Waals surface area contributed by atoms with Crippen LogP contribution in [0.15, 0.2) is 35.6 Å². The lowest BCUT2D eigenvalue weighted by atomic mass is 9.99. The van der Waals surface area contributed by atoms with Gasteiger partial charge in [-0.1, -0.05) is 39.2 Å². The number of nitrogens with one attached hydrogen (secondary N) is 2. The van der Waals surface area contributed by atoms with Crippen LogP contribution in [0.3, 0.4) is 0 Å². The van der Waals surface area contributed by atoms with Gasteiger partial charge < -0.3 is 15.4 Å². The highest BCUT2D eigenvalue weighted by Crippen LogP contribution is 2.24. The number of hydrogen-bond acceptors (Lipinski definition) is 3. The molecule has 2 N–H and O–H groups in total. The normalized spacial score (nSPS) is 12.5. The first-order valence-electron chi connectivity index (χ1n) is 10.7. The molecule has 30 heavy (non-hydrogen) atoms. The third-order valence-corrected chi connectivity index (χ3v) is 5.35. The number of carbonyl (C=O) groups is 1. The summed E-state index contributed by atoms with van der Waals surface area (Å²) in [5.41, 5.74) is 2.45. The third-order valence-electron chi connectivity index (χ3n) is 5.35. The fraction of sp³-hybridized carbons (Fsp3) is 0.522. The molecule has 0 aliphatic carbocycles. The topological polar surface area (TPSA) is 71.5 Å². The lowest BCUT2D eigenvalue weighted by Gasteiger charge is -2.16. The summed E-state index contributed by atoms with van der Waals surface area (Å²) in [5.74, 6) is 1.88. The Bertz CT molecular complexity index is 853. The second-order valence-corrected chi connectivity index (χ2v) is 7.72. The van der Waals surface area contributed by atoms with Gasteiger partial charge in [0.05, 0.1) is 26.9 Å². The number of rotatable bonds is 9. The Morgan fingerprint density at radius 3 is 2.70 bits per heavy atom. The van der Waals surface area contributed by atoms with E-state index in [-0.39, 0.29) is 6.03 Å². The van der Waals surface area contributed by atoms with Crippen molar-refractivity contribution in [2.45, 2.75) is 46.5 Å². The highest BCUT2D eigenvalue weighted by Gasteiger charge is 2.20. The second-order valence-electron chi connectivity index (χ2n) is 7.72. The number of unbranched alkanes of at least 4 members (excludes halogenated alkanes) is 1. The largest absolute Gasteiger partial charge is 0.475 e. The molecule has 2 rings (SSSR count). The van der Waals surface area contributed by atoms with E-state index in [9.17, 15) is 4.79 Å². The van der Waals surface area contributed by atoms with Crippen LogP contribution in [0.25, 0.3) is 0 Å². The van der Waals surface area contributed by atoms with Crippen molar-refractivity contribution in [3.63, 3.8) is 0 Å². The molecule has 0 aliphatic rings. The zero-order valence-electron chi connectivity index (χ0n) is 19.2. The number of aryl methyl sites for hydroxylation is 3. The molecule has 1 heterocycles. The number of nitrogens with zero attached hydrogens (tertiary/aromatic N) is 3. The molecule has 2 amide bonds. The summed E-state index contributed by atoms with van der Waals surface area (Å²) >= 11 is 0. The highest BCUT2D eigenvalue weighted by atomic mass is 16.5. The molecule has 1 unspecified atom stereocenters. The van der Waals surface area contributed by atoms with Crippen LogP contribution in [0.4, 0.5) is 16.2 Å². The molecule has 0 fully saturated rings. The zero-order chi connectivity index (χ0) is 22.1. The first-order chi connectivity index (χ1) is 14.4. The average molecular weight is 415 g/mol. The maximum Gasteiger partial charge on any atom is 0.344 e. The van der Waals surface area contributed by atoms with E-state index < -0.39 is 0 Å². The number of ether oxygens (including phenoxy) is 1. The van der Waals surface area contributed by atoms with Gasteiger partial charge in [-0.3, -0.25) is 0 Å². The zero-order valence-corrected chi connectivity index (χ0v) is 19.2. The lowest BCUT2D eigenvalue weighted by molar-refractivity contribution is -0.672. The number of imidazole rings is 1. The van der Waals surface area contributed by atoms with E-state index in [2.05, 4.69) is 24.5 Å². The molecule has 1 atom stereocenters.